The number of fused-ring (bicyclic) bond motifs is 1. The van der Waals surface area contributed by atoms with Gasteiger partial charge in [-0.3, -0.25) is 9.87 Å². The summed E-state index contributed by atoms with van der Waals surface area (Å²) in [5, 5.41) is 3.39. The fourth-order valence-corrected chi connectivity index (χ4v) is 3.19. The van der Waals surface area contributed by atoms with Gasteiger partial charge in [0.1, 0.15) is 11.5 Å². The molecule has 0 aliphatic heterocycles. The van der Waals surface area contributed by atoms with Crippen molar-refractivity contribution in [2.24, 2.45) is 0 Å². The zero-order valence-corrected chi connectivity index (χ0v) is 13.9. The second-order valence-corrected chi connectivity index (χ2v) is 6.71. The van der Waals surface area contributed by atoms with E-state index in [1.807, 2.05) is 30.3 Å². The van der Waals surface area contributed by atoms with Crippen molar-refractivity contribution in [3.63, 3.8) is 0 Å². The number of carbonyl (C=O) groups is 1. The van der Waals surface area contributed by atoms with Crippen molar-refractivity contribution < 1.29 is 22.5 Å². The Bertz CT molecular complexity index is 1020. The number of hydrogen-bond donors (Lipinski definition) is 2. The number of carbonyl (C=O) groups excluding carboxylic acids is 1. The van der Waals surface area contributed by atoms with Crippen molar-refractivity contribution in [2.75, 3.05) is 5.32 Å². The minimum Gasteiger partial charge on any atom is -0.444 e. The van der Waals surface area contributed by atoms with Crippen LogP contribution >= 0.6 is 0 Å². The highest BCUT2D eigenvalue weighted by molar-refractivity contribution is 7.86. The first-order chi connectivity index (χ1) is 11.9. The molecule has 0 radical (unpaired) electrons. The Hall–Kier alpha value is -2.90. The molecule has 7 heteroatoms. The Morgan fingerprint density at radius 3 is 2.32 bits per heavy atom. The van der Waals surface area contributed by atoms with Gasteiger partial charge < -0.3 is 4.74 Å². The van der Waals surface area contributed by atoms with E-state index >= 15 is 0 Å². The molecule has 6 nitrogen and oxygen atoms in total. The molecule has 2 N–H and O–H groups in total. The molecule has 0 spiro atoms. The number of benzene rings is 3. The van der Waals surface area contributed by atoms with Crippen LogP contribution in [0.15, 0.2) is 71.6 Å². The number of rotatable bonds is 4. The predicted octanol–water partition coefficient (Wildman–Crippen LogP) is 3.84. The van der Waals surface area contributed by atoms with E-state index in [-0.39, 0.29) is 11.5 Å². The van der Waals surface area contributed by atoms with Crippen LogP contribution in [0.3, 0.4) is 0 Å². The van der Waals surface area contributed by atoms with E-state index in [0.29, 0.717) is 16.5 Å². The van der Waals surface area contributed by atoms with Crippen LogP contribution in [-0.2, 0) is 21.5 Å². The molecule has 3 rings (SSSR count). The molecular weight excluding hydrogens is 342 g/mol. The quantitative estimate of drug-likeness (QED) is 0.692. The third-order valence-electron chi connectivity index (χ3n) is 3.61. The summed E-state index contributed by atoms with van der Waals surface area (Å²) in [6, 6.07) is 18.4. The Morgan fingerprint density at radius 1 is 0.920 bits per heavy atom. The molecule has 0 bridgehead atoms. The highest BCUT2D eigenvalue weighted by atomic mass is 32.2. The topological polar surface area (TPSA) is 92.7 Å². The van der Waals surface area contributed by atoms with Gasteiger partial charge >= 0.3 is 6.09 Å². The molecular formula is C18H15NO5S. The predicted molar refractivity (Wildman–Crippen MR) is 94.0 cm³/mol. The normalized spacial score (nSPS) is 11.2. The van der Waals surface area contributed by atoms with Crippen LogP contribution in [0, 0.1) is 0 Å². The standard InChI is InChI=1S/C18H15NO5S/c20-18(24-12-13-6-2-1-3-7-13)19-16-10-4-9-15-14(16)8-5-11-17(15)25(21,22)23/h1-11H,12H2,(H,19,20)(H,21,22,23). The van der Waals surface area contributed by atoms with Crippen LogP contribution in [0.4, 0.5) is 10.5 Å². The smallest absolute Gasteiger partial charge is 0.411 e. The summed E-state index contributed by atoms with van der Waals surface area (Å²) >= 11 is 0. The Labute approximate surface area is 144 Å². The van der Waals surface area contributed by atoms with Crippen LogP contribution < -0.4 is 5.32 Å². The average Bonchev–Trinajstić information content (AvgIpc) is 2.60. The van der Waals surface area contributed by atoms with Crippen LogP contribution in [0.5, 0.6) is 0 Å². The molecule has 128 valence electrons. The second-order valence-electron chi connectivity index (χ2n) is 5.32. The molecule has 0 aliphatic carbocycles. The lowest BCUT2D eigenvalue weighted by Crippen LogP contribution is -2.13. The lowest BCUT2D eigenvalue weighted by atomic mass is 10.1. The summed E-state index contributed by atoms with van der Waals surface area (Å²) in [7, 11) is -4.36. The Morgan fingerprint density at radius 2 is 1.60 bits per heavy atom. The van der Waals surface area contributed by atoms with Crippen molar-refractivity contribution >= 4 is 32.7 Å². The summed E-state index contributed by atoms with van der Waals surface area (Å²) in [4.78, 5) is 11.8. The van der Waals surface area contributed by atoms with E-state index in [1.165, 1.54) is 12.1 Å². The molecule has 0 saturated carbocycles. The number of hydrogen-bond acceptors (Lipinski definition) is 4. The SMILES string of the molecule is O=C(Nc1cccc2c(S(=O)(=O)O)cccc12)OCc1ccccc1. The average molecular weight is 357 g/mol. The molecule has 0 heterocycles. The van der Waals surface area contributed by atoms with Gasteiger partial charge in [-0.25, -0.2) is 4.79 Å². The maximum atomic E-state index is 12.0. The third-order valence-corrected chi connectivity index (χ3v) is 4.52. The molecule has 25 heavy (non-hydrogen) atoms. The zero-order chi connectivity index (χ0) is 17.9. The molecule has 0 aliphatic rings. The van der Waals surface area contributed by atoms with E-state index in [1.54, 1.807) is 24.3 Å². The Balaban J connectivity index is 1.83. The number of amides is 1. The van der Waals surface area contributed by atoms with E-state index < -0.39 is 16.2 Å². The molecule has 0 unspecified atom stereocenters. The molecule has 3 aromatic carbocycles. The van der Waals surface area contributed by atoms with Crippen LogP contribution in [0.1, 0.15) is 5.56 Å². The van der Waals surface area contributed by atoms with Crippen molar-refractivity contribution in [3.05, 3.63) is 72.3 Å². The monoisotopic (exact) mass is 357 g/mol. The van der Waals surface area contributed by atoms with Gasteiger partial charge in [-0.1, -0.05) is 54.6 Å². The fraction of sp³-hybridized carbons (Fsp3) is 0.0556. The maximum absolute atomic E-state index is 12.0. The minimum atomic E-state index is -4.36. The molecule has 0 atom stereocenters. The lowest BCUT2D eigenvalue weighted by molar-refractivity contribution is 0.155. The first kappa shape index (κ1) is 16.9. The number of ether oxygens (including phenoxy) is 1. The minimum absolute atomic E-state index is 0.119. The van der Waals surface area contributed by atoms with Gasteiger partial charge in [0.15, 0.2) is 0 Å². The summed E-state index contributed by atoms with van der Waals surface area (Å²) in [6.45, 7) is 0.119. The Kier molecular flexibility index (Phi) is 4.69. The third kappa shape index (κ3) is 3.96. The summed E-state index contributed by atoms with van der Waals surface area (Å²) in [6.07, 6.45) is -0.659. The summed E-state index contributed by atoms with van der Waals surface area (Å²) in [5.41, 5.74) is 1.24. The molecule has 3 aromatic rings. The van der Waals surface area contributed by atoms with Gasteiger partial charge in [0.05, 0.1) is 5.69 Å². The number of nitrogens with one attached hydrogen (secondary N) is 1. The lowest BCUT2D eigenvalue weighted by Gasteiger charge is -2.11. The van der Waals surface area contributed by atoms with Crippen LogP contribution in [0.25, 0.3) is 10.8 Å². The highest BCUT2D eigenvalue weighted by Gasteiger charge is 2.15. The van der Waals surface area contributed by atoms with Crippen LogP contribution in [-0.4, -0.2) is 19.1 Å². The first-order valence-electron chi connectivity index (χ1n) is 7.42. The highest BCUT2D eigenvalue weighted by Crippen LogP contribution is 2.28. The van der Waals surface area contributed by atoms with E-state index in [2.05, 4.69) is 5.32 Å². The molecule has 0 aromatic heterocycles. The van der Waals surface area contributed by atoms with Gasteiger partial charge in [0, 0.05) is 10.8 Å². The summed E-state index contributed by atoms with van der Waals surface area (Å²) in [5.74, 6) is 0. The fourth-order valence-electron chi connectivity index (χ4n) is 2.48. The van der Waals surface area contributed by atoms with Gasteiger partial charge in [0.25, 0.3) is 10.1 Å². The zero-order valence-electron chi connectivity index (χ0n) is 13.0. The van der Waals surface area contributed by atoms with Gasteiger partial charge in [-0.05, 0) is 17.7 Å². The van der Waals surface area contributed by atoms with Crippen molar-refractivity contribution in [1.29, 1.82) is 0 Å². The van der Waals surface area contributed by atoms with Crippen molar-refractivity contribution in [1.82, 2.24) is 0 Å². The van der Waals surface area contributed by atoms with Gasteiger partial charge in [-0.15, -0.1) is 0 Å². The van der Waals surface area contributed by atoms with Crippen molar-refractivity contribution in [2.45, 2.75) is 11.5 Å². The summed E-state index contributed by atoms with van der Waals surface area (Å²) < 4.78 is 37.5. The molecule has 0 fully saturated rings. The first-order valence-corrected chi connectivity index (χ1v) is 8.86. The number of anilines is 1. The largest absolute Gasteiger partial charge is 0.444 e. The van der Waals surface area contributed by atoms with E-state index in [4.69, 9.17) is 4.74 Å². The van der Waals surface area contributed by atoms with Crippen molar-refractivity contribution in [3.8, 4) is 0 Å². The van der Waals surface area contributed by atoms with E-state index in [9.17, 15) is 17.8 Å². The van der Waals surface area contributed by atoms with Gasteiger partial charge in [0.2, 0.25) is 0 Å². The molecule has 0 saturated heterocycles. The maximum Gasteiger partial charge on any atom is 0.411 e. The van der Waals surface area contributed by atoms with E-state index in [0.717, 1.165) is 5.56 Å². The van der Waals surface area contributed by atoms with Gasteiger partial charge in [-0.2, -0.15) is 8.42 Å². The second kappa shape index (κ2) is 6.92. The molecule has 1 amide bonds. The van der Waals surface area contributed by atoms with Crippen LogP contribution in [0.2, 0.25) is 0 Å².